The van der Waals surface area contributed by atoms with E-state index >= 15 is 0 Å². The lowest BCUT2D eigenvalue weighted by atomic mass is 10.8. The first-order valence-electron chi connectivity index (χ1n) is 4.27. The van der Waals surface area contributed by atoms with Gasteiger partial charge in [0.15, 0.2) is 8.24 Å². The Morgan fingerprint density at radius 3 is 1.83 bits per heavy atom. The maximum atomic E-state index is 4.42. The van der Waals surface area contributed by atoms with Crippen molar-refractivity contribution in [3.63, 3.8) is 0 Å². The maximum Gasteiger partial charge on any atom is 0.173 e. The van der Waals surface area contributed by atoms with Crippen LogP contribution in [0.3, 0.4) is 0 Å². The van der Waals surface area contributed by atoms with Crippen LogP contribution in [0.15, 0.2) is 4.66 Å². The van der Waals surface area contributed by atoms with Crippen molar-refractivity contribution in [1.29, 1.82) is 0 Å². The van der Waals surface area contributed by atoms with Gasteiger partial charge in [-0.3, -0.25) is 0 Å². The molecule has 68 valence electrons. The zero-order valence-electron chi connectivity index (χ0n) is 9.02. The van der Waals surface area contributed by atoms with Crippen LogP contribution in [0, 0.1) is 11.5 Å². The van der Waals surface area contributed by atoms with Gasteiger partial charge in [0.1, 0.15) is 8.07 Å². The molecule has 0 heterocycles. The molecule has 0 amide bonds. The second-order valence-corrected chi connectivity index (χ2v) is 14.3. The highest BCUT2D eigenvalue weighted by Gasteiger charge is 2.09. The molecule has 0 aromatic carbocycles. The molecule has 0 bridgehead atoms. The summed E-state index contributed by atoms with van der Waals surface area (Å²) < 4.78 is 4.42. The second-order valence-electron chi connectivity index (χ2n) is 4.95. The largest absolute Gasteiger partial charge is 0.321 e. The topological polar surface area (TPSA) is 12.4 Å². The average Bonchev–Trinajstić information content (AvgIpc) is 1.76. The third-order valence-corrected chi connectivity index (χ3v) is 2.76. The Morgan fingerprint density at radius 1 is 1.00 bits per heavy atom. The summed E-state index contributed by atoms with van der Waals surface area (Å²) in [4.78, 5) is 0. The molecule has 0 aliphatic rings. The first-order valence-corrected chi connectivity index (χ1v) is 11.2. The first-order chi connectivity index (χ1) is 5.21. The van der Waals surface area contributed by atoms with Gasteiger partial charge in [0.2, 0.25) is 0 Å². The number of rotatable bonds is 1. The predicted octanol–water partition coefficient (Wildman–Crippen LogP) is 2.77. The third kappa shape index (κ3) is 9.66. The van der Waals surface area contributed by atoms with E-state index in [-0.39, 0.29) is 0 Å². The van der Waals surface area contributed by atoms with Gasteiger partial charge in [-0.15, -0.1) is 5.54 Å². The lowest BCUT2D eigenvalue weighted by molar-refractivity contribution is 1.58. The molecule has 0 N–H and O–H groups in total. The lowest BCUT2D eigenvalue weighted by Crippen LogP contribution is -2.17. The van der Waals surface area contributed by atoms with Crippen molar-refractivity contribution in [2.75, 3.05) is 0 Å². The van der Waals surface area contributed by atoms with E-state index in [2.05, 4.69) is 55.4 Å². The Hall–Kier alpha value is -0.336. The summed E-state index contributed by atoms with van der Waals surface area (Å²) in [5.74, 6) is 3.04. The van der Waals surface area contributed by atoms with Crippen LogP contribution in [0.1, 0.15) is 0 Å². The highest BCUT2D eigenvalue weighted by Crippen LogP contribution is 1.99. The van der Waals surface area contributed by atoms with Gasteiger partial charge in [0, 0.05) is 0 Å². The quantitative estimate of drug-likeness (QED) is 0.348. The van der Waals surface area contributed by atoms with Gasteiger partial charge < -0.3 is 4.66 Å². The van der Waals surface area contributed by atoms with Crippen molar-refractivity contribution >= 4 is 22.5 Å². The van der Waals surface area contributed by atoms with Crippen LogP contribution >= 0.6 is 0 Å². The minimum absolute atomic E-state index is 1.19. The van der Waals surface area contributed by atoms with E-state index in [1.807, 2.05) is 0 Å². The molecule has 0 aromatic heterocycles. The number of hydrogen-bond acceptors (Lipinski definition) is 1. The Balaban J connectivity index is 4.13. The van der Waals surface area contributed by atoms with E-state index in [9.17, 15) is 0 Å². The van der Waals surface area contributed by atoms with Crippen LogP contribution in [0.2, 0.25) is 39.3 Å². The third-order valence-electron chi connectivity index (χ3n) is 0.964. The van der Waals surface area contributed by atoms with E-state index in [1.54, 1.807) is 6.21 Å². The van der Waals surface area contributed by atoms with E-state index in [0.29, 0.717) is 0 Å². The molecule has 0 aromatic rings. The van der Waals surface area contributed by atoms with E-state index in [4.69, 9.17) is 0 Å². The Morgan fingerprint density at radius 2 is 1.50 bits per heavy atom. The predicted molar refractivity (Wildman–Crippen MR) is 63.0 cm³/mol. The smallest absolute Gasteiger partial charge is 0.173 e. The lowest BCUT2D eigenvalue weighted by Gasteiger charge is -2.06. The van der Waals surface area contributed by atoms with Crippen LogP contribution in [0.4, 0.5) is 0 Å². The summed E-state index contributed by atoms with van der Waals surface area (Å²) in [5, 5.41) is 0. The molecular weight excluding hydrogens is 178 g/mol. The molecule has 12 heavy (non-hydrogen) atoms. The molecule has 0 saturated heterocycles. The normalized spacial score (nSPS) is 12.8. The minimum Gasteiger partial charge on any atom is -0.321 e. The van der Waals surface area contributed by atoms with Crippen LogP contribution < -0.4 is 0 Å². The van der Waals surface area contributed by atoms with E-state index in [1.165, 1.54) is 0 Å². The van der Waals surface area contributed by atoms with Gasteiger partial charge in [0.25, 0.3) is 0 Å². The molecule has 3 heteroatoms. The molecule has 0 fully saturated rings. The fourth-order valence-electron chi connectivity index (χ4n) is 0.475. The van der Waals surface area contributed by atoms with Crippen LogP contribution in [-0.4, -0.2) is 22.5 Å². The molecule has 0 unspecified atom stereocenters. The zero-order chi connectivity index (χ0) is 9.83. The van der Waals surface area contributed by atoms with Gasteiger partial charge in [0.05, 0.1) is 6.21 Å². The van der Waals surface area contributed by atoms with Gasteiger partial charge in [-0.05, 0) is 19.6 Å². The van der Waals surface area contributed by atoms with Crippen molar-refractivity contribution in [3.8, 4) is 11.5 Å². The van der Waals surface area contributed by atoms with Crippen molar-refractivity contribution in [2.24, 2.45) is 4.66 Å². The fraction of sp³-hybridized carbons (Fsp3) is 0.667. The molecule has 0 radical (unpaired) electrons. The minimum atomic E-state index is -1.27. The van der Waals surface area contributed by atoms with Crippen LogP contribution in [-0.2, 0) is 0 Å². The van der Waals surface area contributed by atoms with E-state index < -0.39 is 16.3 Å². The molecule has 0 spiro atoms. The fourth-order valence-corrected chi connectivity index (χ4v) is 1.42. The summed E-state index contributed by atoms with van der Waals surface area (Å²) in [7, 11) is -2.46. The SMILES string of the molecule is C[Si](C)(C)C#C/C=N/[Si](C)(C)C. The summed E-state index contributed by atoms with van der Waals surface area (Å²) in [5.41, 5.74) is 3.26. The van der Waals surface area contributed by atoms with Gasteiger partial charge in [-0.2, -0.15) is 0 Å². The second kappa shape index (κ2) is 4.06. The zero-order valence-corrected chi connectivity index (χ0v) is 11.0. The average molecular weight is 197 g/mol. The van der Waals surface area contributed by atoms with Crippen molar-refractivity contribution in [3.05, 3.63) is 0 Å². The molecule has 0 atom stereocenters. The Labute approximate surface area is 78.4 Å². The molecule has 0 aliphatic carbocycles. The highest BCUT2D eigenvalue weighted by atomic mass is 28.3. The Kier molecular flexibility index (Phi) is 3.95. The van der Waals surface area contributed by atoms with Gasteiger partial charge in [-0.25, -0.2) is 0 Å². The van der Waals surface area contributed by atoms with Crippen molar-refractivity contribution in [1.82, 2.24) is 0 Å². The van der Waals surface area contributed by atoms with Gasteiger partial charge >= 0.3 is 0 Å². The Bertz CT molecular complexity index is 220. The molecule has 0 aliphatic heterocycles. The van der Waals surface area contributed by atoms with Crippen LogP contribution in [0.5, 0.6) is 0 Å². The number of hydrogen-bond donors (Lipinski definition) is 0. The summed E-state index contributed by atoms with van der Waals surface area (Å²) >= 11 is 0. The maximum absolute atomic E-state index is 4.42. The molecule has 0 saturated carbocycles. The highest BCUT2D eigenvalue weighted by molar-refractivity contribution is 6.84. The van der Waals surface area contributed by atoms with Crippen LogP contribution in [0.25, 0.3) is 0 Å². The van der Waals surface area contributed by atoms with Crippen molar-refractivity contribution < 1.29 is 0 Å². The van der Waals surface area contributed by atoms with Crippen molar-refractivity contribution in [2.45, 2.75) is 39.3 Å². The number of nitrogens with zero attached hydrogens (tertiary/aromatic N) is 1. The molecule has 1 nitrogen and oxygen atoms in total. The van der Waals surface area contributed by atoms with Gasteiger partial charge in [-0.1, -0.05) is 25.6 Å². The first kappa shape index (κ1) is 11.7. The molecule has 0 rings (SSSR count). The summed E-state index contributed by atoms with van der Waals surface area (Å²) in [6.07, 6.45) is 1.80. The monoisotopic (exact) mass is 197 g/mol. The summed E-state index contributed by atoms with van der Waals surface area (Å²) in [6.45, 7) is 13.3. The summed E-state index contributed by atoms with van der Waals surface area (Å²) in [6, 6.07) is 0. The standard InChI is InChI=1S/C9H19NSi2/c1-11(2,3)9-7-8-10-12(4,5)6/h8H,1-6H3/b10-8+. The van der Waals surface area contributed by atoms with E-state index in [0.717, 1.165) is 0 Å². The molecular formula is C9H19NSi2.